The summed E-state index contributed by atoms with van der Waals surface area (Å²) in [6, 6.07) is 18.9. The van der Waals surface area contributed by atoms with Crippen LogP contribution >= 0.6 is 27.5 Å². The van der Waals surface area contributed by atoms with E-state index >= 15 is 0 Å². The van der Waals surface area contributed by atoms with Crippen LogP contribution in [-0.4, -0.2) is 25.5 Å². The van der Waals surface area contributed by atoms with Gasteiger partial charge in [-0.2, -0.15) is 10.2 Å². The first kappa shape index (κ1) is 20.2. The van der Waals surface area contributed by atoms with Crippen LogP contribution in [0.5, 0.6) is 5.75 Å². The van der Waals surface area contributed by atoms with Crippen molar-refractivity contribution in [3.05, 3.63) is 93.8 Å². The average Bonchev–Trinajstić information content (AvgIpc) is 3.35. The molecular formula is C21H17BrClN5O2. The summed E-state index contributed by atoms with van der Waals surface area (Å²) in [5.41, 5.74) is 1.32. The van der Waals surface area contributed by atoms with Crippen molar-refractivity contribution in [2.24, 2.45) is 0 Å². The van der Waals surface area contributed by atoms with Gasteiger partial charge in [-0.1, -0.05) is 57.9 Å². The van der Waals surface area contributed by atoms with Gasteiger partial charge >= 0.3 is 0 Å². The van der Waals surface area contributed by atoms with Crippen LogP contribution in [0.2, 0.25) is 5.02 Å². The molecule has 0 radical (unpaired) electrons. The van der Waals surface area contributed by atoms with Crippen molar-refractivity contribution < 1.29 is 9.53 Å². The molecule has 2 aromatic carbocycles. The van der Waals surface area contributed by atoms with Crippen LogP contribution in [0, 0.1) is 0 Å². The van der Waals surface area contributed by atoms with Crippen LogP contribution in [0.15, 0.2) is 77.5 Å². The number of hydrogen-bond donors (Lipinski definition) is 1. The monoisotopic (exact) mass is 485 g/mol. The van der Waals surface area contributed by atoms with E-state index in [1.165, 1.54) is 4.68 Å². The van der Waals surface area contributed by atoms with E-state index in [0.29, 0.717) is 23.1 Å². The third-order valence-corrected chi connectivity index (χ3v) is 4.99. The second-order valence-electron chi connectivity index (χ2n) is 6.43. The van der Waals surface area contributed by atoms with Gasteiger partial charge in [0.05, 0.1) is 6.54 Å². The van der Waals surface area contributed by atoms with Crippen molar-refractivity contribution in [1.82, 2.24) is 19.6 Å². The molecular weight excluding hydrogens is 470 g/mol. The zero-order valence-electron chi connectivity index (χ0n) is 15.7. The molecule has 1 N–H and O–H groups in total. The highest BCUT2D eigenvalue weighted by atomic mass is 79.9. The highest BCUT2D eigenvalue weighted by molar-refractivity contribution is 9.10. The van der Waals surface area contributed by atoms with Gasteiger partial charge in [-0.25, -0.2) is 4.68 Å². The molecule has 152 valence electrons. The molecule has 4 rings (SSSR count). The normalized spacial score (nSPS) is 10.7. The number of ether oxygens (including phenoxy) is 1. The lowest BCUT2D eigenvalue weighted by Gasteiger charge is -2.06. The summed E-state index contributed by atoms with van der Waals surface area (Å²) < 4.78 is 9.83. The molecule has 4 aromatic rings. The van der Waals surface area contributed by atoms with Gasteiger partial charge < -0.3 is 10.1 Å². The molecule has 0 saturated carbocycles. The van der Waals surface area contributed by atoms with E-state index < -0.39 is 5.91 Å². The first-order chi connectivity index (χ1) is 14.6. The van der Waals surface area contributed by atoms with Crippen molar-refractivity contribution in [1.29, 1.82) is 0 Å². The Hall–Kier alpha value is -3.10. The summed E-state index contributed by atoms with van der Waals surface area (Å²) in [5, 5.41) is 11.6. The van der Waals surface area contributed by atoms with E-state index in [1.54, 1.807) is 23.1 Å². The number of aromatic nitrogens is 4. The van der Waals surface area contributed by atoms with Crippen LogP contribution in [0.3, 0.4) is 0 Å². The molecule has 2 heterocycles. The molecule has 0 saturated heterocycles. The molecule has 0 atom stereocenters. The van der Waals surface area contributed by atoms with Crippen molar-refractivity contribution in [3.63, 3.8) is 0 Å². The summed E-state index contributed by atoms with van der Waals surface area (Å²) in [5.74, 6) is 0.595. The minimum atomic E-state index is -0.399. The molecule has 0 aliphatic carbocycles. The second-order valence-corrected chi connectivity index (χ2v) is 7.75. The zero-order valence-corrected chi connectivity index (χ0v) is 18.0. The van der Waals surface area contributed by atoms with Crippen molar-refractivity contribution in [2.75, 3.05) is 5.32 Å². The maximum Gasteiger partial charge on any atom is 0.277 e. The summed E-state index contributed by atoms with van der Waals surface area (Å²) in [6.45, 7) is 0.736. The van der Waals surface area contributed by atoms with Crippen LogP contribution < -0.4 is 10.1 Å². The van der Waals surface area contributed by atoms with Gasteiger partial charge in [0.1, 0.15) is 10.8 Å². The molecule has 9 heteroatoms. The fourth-order valence-electron chi connectivity index (χ4n) is 2.73. The summed E-state index contributed by atoms with van der Waals surface area (Å²) in [4.78, 5) is 12.5. The number of halogens is 2. The SMILES string of the molecule is O=C(Nc1nn(Cc2ccccc2)cc1Cl)c1ccn(COc2ccc(Br)cc2)n1. The standard InChI is InChI=1S/C21H17BrClN5O2/c22-16-6-8-17(9-7-16)30-14-27-11-10-19(25-27)21(29)24-20-18(23)13-28(26-20)12-15-4-2-1-3-5-15/h1-11,13H,12,14H2,(H,24,26,29). The minimum absolute atomic E-state index is 0.182. The third kappa shape index (κ3) is 5.08. The lowest BCUT2D eigenvalue weighted by atomic mass is 10.2. The zero-order chi connectivity index (χ0) is 20.9. The van der Waals surface area contributed by atoms with Crippen molar-refractivity contribution in [2.45, 2.75) is 13.3 Å². The van der Waals surface area contributed by atoms with Gasteiger partial charge in [-0.15, -0.1) is 0 Å². The lowest BCUT2D eigenvalue weighted by molar-refractivity contribution is 0.101. The molecule has 0 unspecified atom stereocenters. The quantitative estimate of drug-likeness (QED) is 0.406. The molecule has 0 aliphatic heterocycles. The Kier molecular flexibility index (Phi) is 6.15. The average molecular weight is 487 g/mol. The second kappa shape index (κ2) is 9.15. The molecule has 30 heavy (non-hydrogen) atoms. The Morgan fingerprint density at radius 2 is 1.80 bits per heavy atom. The van der Waals surface area contributed by atoms with Crippen LogP contribution in [0.25, 0.3) is 0 Å². The maximum atomic E-state index is 12.5. The van der Waals surface area contributed by atoms with Crippen molar-refractivity contribution in [3.8, 4) is 5.75 Å². The topological polar surface area (TPSA) is 74.0 Å². The van der Waals surface area contributed by atoms with Gasteiger partial charge in [-0.3, -0.25) is 9.48 Å². The molecule has 7 nitrogen and oxygen atoms in total. The van der Waals surface area contributed by atoms with E-state index in [1.807, 2.05) is 54.6 Å². The van der Waals surface area contributed by atoms with E-state index in [-0.39, 0.29) is 12.4 Å². The highest BCUT2D eigenvalue weighted by Gasteiger charge is 2.15. The number of hydrogen-bond acceptors (Lipinski definition) is 4. The Morgan fingerprint density at radius 1 is 1.03 bits per heavy atom. The first-order valence-electron chi connectivity index (χ1n) is 9.07. The van der Waals surface area contributed by atoms with Gasteiger partial charge in [0.2, 0.25) is 0 Å². The molecule has 0 bridgehead atoms. The number of rotatable bonds is 7. The predicted octanol–water partition coefficient (Wildman–Crippen LogP) is 4.83. The van der Waals surface area contributed by atoms with Gasteiger partial charge in [0, 0.05) is 16.9 Å². The van der Waals surface area contributed by atoms with E-state index in [4.69, 9.17) is 16.3 Å². The van der Waals surface area contributed by atoms with Gasteiger partial charge in [0.15, 0.2) is 18.2 Å². The van der Waals surface area contributed by atoms with Crippen LogP contribution in [0.1, 0.15) is 16.1 Å². The number of nitrogens with one attached hydrogen (secondary N) is 1. The van der Waals surface area contributed by atoms with E-state index in [9.17, 15) is 4.79 Å². The summed E-state index contributed by atoms with van der Waals surface area (Å²) >= 11 is 9.61. The number of amides is 1. The first-order valence-corrected chi connectivity index (χ1v) is 10.2. The van der Waals surface area contributed by atoms with E-state index in [2.05, 4.69) is 31.4 Å². The highest BCUT2D eigenvalue weighted by Crippen LogP contribution is 2.21. The number of anilines is 1. The molecule has 1 amide bonds. The Labute approximate surface area is 186 Å². The minimum Gasteiger partial charge on any atom is -0.471 e. The largest absolute Gasteiger partial charge is 0.471 e. The molecule has 0 aliphatic rings. The maximum absolute atomic E-state index is 12.5. The van der Waals surface area contributed by atoms with Crippen LogP contribution in [-0.2, 0) is 13.3 Å². The molecule has 2 aromatic heterocycles. The smallest absolute Gasteiger partial charge is 0.277 e. The van der Waals surface area contributed by atoms with Gasteiger partial charge in [-0.05, 0) is 35.9 Å². The lowest BCUT2D eigenvalue weighted by Crippen LogP contribution is -2.15. The van der Waals surface area contributed by atoms with E-state index in [0.717, 1.165) is 10.0 Å². The molecule has 0 fully saturated rings. The number of nitrogens with zero attached hydrogens (tertiary/aromatic N) is 4. The number of carbonyl (C=O) groups excluding carboxylic acids is 1. The summed E-state index contributed by atoms with van der Waals surface area (Å²) in [7, 11) is 0. The van der Waals surface area contributed by atoms with Gasteiger partial charge in [0.25, 0.3) is 5.91 Å². The predicted molar refractivity (Wildman–Crippen MR) is 118 cm³/mol. The fraction of sp³-hybridized carbons (Fsp3) is 0.0952. The Balaban J connectivity index is 1.36. The molecule has 0 spiro atoms. The number of carbonyl (C=O) groups is 1. The summed E-state index contributed by atoms with van der Waals surface area (Å²) in [6.07, 6.45) is 3.35. The Bertz CT molecular complexity index is 1140. The third-order valence-electron chi connectivity index (χ3n) is 4.19. The van der Waals surface area contributed by atoms with Crippen LogP contribution in [0.4, 0.5) is 5.82 Å². The van der Waals surface area contributed by atoms with Crippen molar-refractivity contribution >= 4 is 39.3 Å². The number of benzene rings is 2. The fourth-order valence-corrected chi connectivity index (χ4v) is 3.19. The Morgan fingerprint density at radius 3 is 2.57 bits per heavy atom.